The first kappa shape index (κ1) is 21.5. The Hall–Kier alpha value is -0.780. The monoisotopic (exact) mass is 526 g/mol. The molecule has 0 unspecified atom stereocenters. The third kappa shape index (κ3) is 3.76. The molecule has 0 aromatic heterocycles. The highest BCUT2D eigenvalue weighted by Gasteiger charge is 2.27. The zero-order chi connectivity index (χ0) is 20.2. The SMILES string of the molecule is Cc1cc(Br)c(S(=O)(=O)O)c(C)c1-c1c(C)cc(Br)c(S(=O)(=O)O)c1C. The highest BCUT2D eigenvalue weighted by atomic mass is 79.9. The molecule has 0 aliphatic carbocycles. The van der Waals surface area contributed by atoms with Crippen molar-refractivity contribution in [2.45, 2.75) is 37.5 Å². The van der Waals surface area contributed by atoms with Crippen LogP contribution in [-0.2, 0) is 20.2 Å². The Morgan fingerprint density at radius 1 is 0.692 bits per heavy atom. The number of rotatable bonds is 3. The van der Waals surface area contributed by atoms with E-state index in [2.05, 4.69) is 31.9 Å². The lowest BCUT2D eigenvalue weighted by atomic mass is 9.89. The van der Waals surface area contributed by atoms with Crippen molar-refractivity contribution in [3.8, 4) is 11.1 Å². The molecule has 2 N–H and O–H groups in total. The van der Waals surface area contributed by atoms with E-state index in [0.29, 0.717) is 22.3 Å². The molecule has 0 atom stereocenters. The van der Waals surface area contributed by atoms with E-state index in [9.17, 15) is 25.9 Å². The standard InChI is InChI=1S/C16H16Br2O6S2/c1-7-5-11(17)15(25(19,20)21)9(3)13(7)14-8(2)6-12(18)16(10(14)4)26(22,23)24/h5-6H,1-4H3,(H,19,20,21)(H,22,23,24). The van der Waals surface area contributed by atoms with Crippen LogP contribution in [0.25, 0.3) is 11.1 Å². The highest BCUT2D eigenvalue weighted by Crippen LogP contribution is 2.42. The van der Waals surface area contributed by atoms with Gasteiger partial charge in [-0.25, -0.2) is 0 Å². The summed E-state index contributed by atoms with van der Waals surface area (Å²) < 4.78 is 66.8. The van der Waals surface area contributed by atoms with Gasteiger partial charge in [-0.15, -0.1) is 0 Å². The number of hydrogen-bond acceptors (Lipinski definition) is 4. The maximum atomic E-state index is 11.8. The Morgan fingerprint density at radius 3 is 1.19 bits per heavy atom. The fourth-order valence-electron chi connectivity index (χ4n) is 3.24. The molecular weight excluding hydrogens is 512 g/mol. The van der Waals surface area contributed by atoms with Crippen molar-refractivity contribution in [2.24, 2.45) is 0 Å². The van der Waals surface area contributed by atoms with Gasteiger partial charge in [-0.1, -0.05) is 0 Å². The molecule has 10 heteroatoms. The van der Waals surface area contributed by atoms with Gasteiger partial charge in [0.15, 0.2) is 0 Å². The van der Waals surface area contributed by atoms with Gasteiger partial charge in [0, 0.05) is 8.95 Å². The molecule has 0 aliphatic heterocycles. The smallest absolute Gasteiger partial charge is 0.282 e. The van der Waals surface area contributed by atoms with Crippen LogP contribution >= 0.6 is 31.9 Å². The van der Waals surface area contributed by atoms with Gasteiger partial charge in [0.05, 0.1) is 0 Å². The lowest BCUT2D eigenvalue weighted by Gasteiger charge is -2.20. The second-order valence-electron chi connectivity index (χ2n) is 5.96. The minimum absolute atomic E-state index is 0.209. The van der Waals surface area contributed by atoms with Crippen molar-refractivity contribution in [1.82, 2.24) is 0 Å². The quantitative estimate of drug-likeness (QED) is 0.564. The van der Waals surface area contributed by atoms with Crippen LogP contribution in [0.4, 0.5) is 0 Å². The molecule has 0 fully saturated rings. The third-order valence-corrected chi connectivity index (χ3v) is 7.97. The van der Waals surface area contributed by atoms with Crippen LogP contribution in [0.2, 0.25) is 0 Å². The van der Waals surface area contributed by atoms with Gasteiger partial charge in [0.1, 0.15) is 9.79 Å². The first-order chi connectivity index (χ1) is 11.7. The Balaban J connectivity index is 3.09. The van der Waals surface area contributed by atoms with E-state index in [4.69, 9.17) is 0 Å². The van der Waals surface area contributed by atoms with Crippen LogP contribution in [-0.4, -0.2) is 25.9 Å². The Kier molecular flexibility index (Phi) is 5.79. The van der Waals surface area contributed by atoms with Crippen molar-refractivity contribution in [3.05, 3.63) is 43.3 Å². The topological polar surface area (TPSA) is 109 Å². The van der Waals surface area contributed by atoms with E-state index in [0.717, 1.165) is 0 Å². The fraction of sp³-hybridized carbons (Fsp3) is 0.250. The molecule has 0 amide bonds. The molecule has 2 aromatic carbocycles. The largest absolute Gasteiger partial charge is 0.295 e. The van der Waals surface area contributed by atoms with Crippen molar-refractivity contribution < 1.29 is 25.9 Å². The van der Waals surface area contributed by atoms with Gasteiger partial charge in [0.25, 0.3) is 20.2 Å². The van der Waals surface area contributed by atoms with E-state index >= 15 is 0 Å². The average molecular weight is 528 g/mol. The molecule has 2 rings (SSSR count). The minimum Gasteiger partial charge on any atom is -0.282 e. The van der Waals surface area contributed by atoms with E-state index in [1.807, 2.05) is 0 Å². The van der Waals surface area contributed by atoms with Gasteiger partial charge in [-0.3, -0.25) is 9.11 Å². The normalized spacial score (nSPS) is 12.5. The van der Waals surface area contributed by atoms with Gasteiger partial charge in [0.2, 0.25) is 0 Å². The predicted octanol–water partition coefficient (Wildman–Crippen LogP) is 4.61. The van der Waals surface area contributed by atoms with E-state index in [1.165, 1.54) is 13.8 Å². The van der Waals surface area contributed by atoms with Gasteiger partial charge >= 0.3 is 0 Å². The molecule has 0 heterocycles. The minimum atomic E-state index is -4.51. The summed E-state index contributed by atoms with van der Waals surface area (Å²) in [6.45, 7) is 6.55. The molecular formula is C16H16Br2O6S2. The first-order valence-corrected chi connectivity index (χ1v) is 11.7. The molecule has 0 saturated heterocycles. The predicted molar refractivity (Wildman–Crippen MR) is 106 cm³/mol. The van der Waals surface area contributed by atoms with Gasteiger partial charge in [-0.05, 0) is 105 Å². The lowest BCUT2D eigenvalue weighted by Crippen LogP contribution is -2.08. The fourth-order valence-corrected chi connectivity index (χ4v) is 7.33. The summed E-state index contributed by atoms with van der Waals surface area (Å²) in [7, 11) is -9.02. The zero-order valence-electron chi connectivity index (χ0n) is 14.3. The van der Waals surface area contributed by atoms with Crippen LogP contribution in [0.1, 0.15) is 22.3 Å². The van der Waals surface area contributed by atoms with Crippen LogP contribution in [0.15, 0.2) is 30.9 Å². The Labute approximate surface area is 169 Å². The summed E-state index contributed by atoms with van der Waals surface area (Å²) in [5.74, 6) is 0. The maximum absolute atomic E-state index is 11.8. The van der Waals surface area contributed by atoms with Crippen molar-refractivity contribution in [1.29, 1.82) is 0 Å². The molecule has 0 radical (unpaired) electrons. The highest BCUT2D eigenvalue weighted by molar-refractivity contribution is 9.10. The summed E-state index contributed by atoms with van der Waals surface area (Å²) in [5, 5.41) is 0. The summed E-state index contributed by atoms with van der Waals surface area (Å²) in [4.78, 5) is -0.568. The maximum Gasteiger partial charge on any atom is 0.295 e. The summed E-state index contributed by atoms with van der Waals surface area (Å²) in [6.07, 6.45) is 0. The second kappa shape index (κ2) is 6.99. The summed E-state index contributed by atoms with van der Waals surface area (Å²) in [5.41, 5.74) is 2.86. The van der Waals surface area contributed by atoms with Crippen LogP contribution in [0.3, 0.4) is 0 Å². The van der Waals surface area contributed by atoms with Crippen molar-refractivity contribution in [2.75, 3.05) is 0 Å². The molecule has 0 aliphatic rings. The molecule has 6 nitrogen and oxygen atoms in total. The molecule has 142 valence electrons. The Bertz CT molecular complexity index is 1040. The third-order valence-electron chi connectivity index (χ3n) is 4.11. The van der Waals surface area contributed by atoms with E-state index in [1.54, 1.807) is 26.0 Å². The van der Waals surface area contributed by atoms with Crippen LogP contribution in [0.5, 0.6) is 0 Å². The van der Waals surface area contributed by atoms with Crippen LogP contribution in [0, 0.1) is 27.7 Å². The number of aryl methyl sites for hydroxylation is 2. The lowest BCUT2D eigenvalue weighted by molar-refractivity contribution is 0.479. The zero-order valence-corrected chi connectivity index (χ0v) is 19.1. The van der Waals surface area contributed by atoms with Crippen molar-refractivity contribution in [3.63, 3.8) is 0 Å². The van der Waals surface area contributed by atoms with E-state index < -0.39 is 20.2 Å². The molecule has 0 spiro atoms. The summed E-state index contributed by atoms with van der Waals surface area (Å²) >= 11 is 6.31. The second-order valence-corrected chi connectivity index (χ2v) is 10.4. The first-order valence-electron chi connectivity index (χ1n) is 7.22. The van der Waals surface area contributed by atoms with Crippen molar-refractivity contribution >= 4 is 52.1 Å². The average Bonchev–Trinajstić information content (AvgIpc) is 2.37. The molecule has 2 aromatic rings. The molecule has 0 saturated carbocycles. The molecule has 26 heavy (non-hydrogen) atoms. The Morgan fingerprint density at radius 2 is 0.962 bits per heavy atom. The van der Waals surface area contributed by atoms with E-state index in [-0.39, 0.29) is 29.9 Å². The van der Waals surface area contributed by atoms with Gasteiger partial charge in [-0.2, -0.15) is 16.8 Å². The summed E-state index contributed by atoms with van der Waals surface area (Å²) in [6, 6.07) is 3.08. The van der Waals surface area contributed by atoms with Crippen LogP contribution < -0.4 is 0 Å². The molecule has 0 bridgehead atoms. The number of halogens is 2. The number of hydrogen-bond donors (Lipinski definition) is 2. The van der Waals surface area contributed by atoms with Gasteiger partial charge < -0.3 is 0 Å². The number of benzene rings is 2.